The van der Waals surface area contributed by atoms with Gasteiger partial charge in [-0.05, 0) is 36.6 Å². The van der Waals surface area contributed by atoms with Gasteiger partial charge in [0.15, 0.2) is 5.82 Å². The molecule has 46 heavy (non-hydrogen) atoms. The molecule has 3 aliphatic heterocycles. The lowest BCUT2D eigenvalue weighted by atomic mass is 9.95. The number of pyridine rings is 2. The van der Waals surface area contributed by atoms with Crippen molar-refractivity contribution in [2.45, 2.75) is 56.5 Å². The van der Waals surface area contributed by atoms with E-state index in [0.29, 0.717) is 6.07 Å². The van der Waals surface area contributed by atoms with Crippen molar-refractivity contribution in [2.24, 2.45) is 0 Å². The number of benzene rings is 1. The molecule has 18 heteroatoms. The molecule has 0 saturated carbocycles. The third kappa shape index (κ3) is 5.00. The van der Waals surface area contributed by atoms with Crippen LogP contribution in [0.4, 0.5) is 46.5 Å². The summed E-state index contributed by atoms with van der Waals surface area (Å²) in [5, 5.41) is 14.5. The zero-order valence-corrected chi connectivity index (χ0v) is 23.4. The second-order valence-electron chi connectivity index (χ2n) is 11.1. The number of ether oxygens (including phenoxy) is 1. The summed E-state index contributed by atoms with van der Waals surface area (Å²) in [5.74, 6) is -6.60. The molecule has 1 amide bonds. The highest BCUT2D eigenvalue weighted by molar-refractivity contribution is 6.04. The van der Waals surface area contributed by atoms with Crippen LogP contribution >= 0.6 is 0 Å². The van der Waals surface area contributed by atoms with E-state index in [-0.39, 0.29) is 24.2 Å². The van der Waals surface area contributed by atoms with Gasteiger partial charge in [-0.15, -0.1) is 0 Å². The van der Waals surface area contributed by atoms with Crippen LogP contribution in [0.15, 0.2) is 24.4 Å². The number of nitrogens with zero attached hydrogens (tertiary/aromatic N) is 3. The number of hydrogen-bond acceptors (Lipinski definition) is 8. The first kappa shape index (κ1) is 31.3. The van der Waals surface area contributed by atoms with Crippen LogP contribution in [0.2, 0.25) is 0 Å². The standard InChI is InChI=1S/C28H22F8N6O4/c1-9-17(27(31,32)33)12(5-13(37)18(9)29)20-19(30)21(40-7-10-2-3-14(26(44)45)38-6-10)16-24(41-20)46-23(28(34,35)36)22-15-4-11(8-39-15)42(22)25(16)43/h2-3,5-6,11,15,22-23,39H,4,7-8,37H2,1H3,(H,40,41)(H,44,45)/t11-,15-,22+,23-/m0/s1. The summed E-state index contributed by atoms with van der Waals surface area (Å²) < 4.78 is 123. The van der Waals surface area contributed by atoms with E-state index in [1.54, 1.807) is 0 Å². The lowest BCUT2D eigenvalue weighted by Gasteiger charge is -2.38. The minimum atomic E-state index is -5.31. The van der Waals surface area contributed by atoms with E-state index < -0.39 is 112 Å². The Morgan fingerprint density at radius 3 is 2.52 bits per heavy atom. The number of anilines is 2. The Balaban J connectivity index is 1.59. The number of rotatable bonds is 5. The second kappa shape index (κ2) is 10.7. The van der Waals surface area contributed by atoms with E-state index >= 15 is 4.39 Å². The van der Waals surface area contributed by atoms with Crippen molar-refractivity contribution >= 4 is 23.3 Å². The van der Waals surface area contributed by atoms with Crippen LogP contribution in [0.5, 0.6) is 5.88 Å². The first-order valence-electron chi connectivity index (χ1n) is 13.6. The molecule has 5 N–H and O–H groups in total. The van der Waals surface area contributed by atoms with Gasteiger partial charge in [-0.3, -0.25) is 4.79 Å². The number of aromatic carboxylic acids is 1. The number of halogens is 8. The van der Waals surface area contributed by atoms with Gasteiger partial charge >= 0.3 is 18.3 Å². The van der Waals surface area contributed by atoms with Gasteiger partial charge in [-0.1, -0.05) is 6.07 Å². The van der Waals surface area contributed by atoms with E-state index in [9.17, 15) is 40.3 Å². The molecule has 3 aromatic rings. The lowest BCUT2D eigenvalue weighted by molar-refractivity contribution is -0.210. The molecule has 2 aromatic heterocycles. The molecule has 244 valence electrons. The minimum Gasteiger partial charge on any atom is -0.477 e. The average molecular weight is 659 g/mol. The van der Waals surface area contributed by atoms with Gasteiger partial charge in [-0.25, -0.2) is 23.5 Å². The van der Waals surface area contributed by atoms with Gasteiger partial charge in [0.1, 0.15) is 22.8 Å². The molecular formula is C28H22F8N6O4. The van der Waals surface area contributed by atoms with Crippen LogP contribution in [-0.4, -0.2) is 68.8 Å². The normalized spacial score (nSPS) is 22.3. The smallest absolute Gasteiger partial charge is 0.427 e. The highest BCUT2D eigenvalue weighted by Gasteiger charge is 2.62. The van der Waals surface area contributed by atoms with Crippen molar-refractivity contribution in [3.8, 4) is 17.1 Å². The molecule has 3 aliphatic rings. The minimum absolute atomic E-state index is 0.133. The number of hydrogen-bond donors (Lipinski definition) is 4. The topological polar surface area (TPSA) is 143 Å². The number of carbonyl (C=O) groups excluding carboxylic acids is 1. The Kier molecular flexibility index (Phi) is 7.25. The van der Waals surface area contributed by atoms with Crippen molar-refractivity contribution in [2.75, 3.05) is 17.6 Å². The van der Waals surface area contributed by atoms with Crippen LogP contribution in [0.1, 0.15) is 44.0 Å². The zero-order valence-electron chi connectivity index (χ0n) is 23.4. The molecule has 4 atom stereocenters. The molecule has 1 aromatic carbocycles. The Morgan fingerprint density at radius 1 is 1.20 bits per heavy atom. The number of nitrogen functional groups attached to an aromatic ring is 1. The number of nitrogens with two attached hydrogens (primary N) is 1. The van der Waals surface area contributed by atoms with E-state index in [4.69, 9.17) is 15.6 Å². The Bertz CT molecular complexity index is 1770. The first-order chi connectivity index (χ1) is 21.5. The van der Waals surface area contributed by atoms with Crippen molar-refractivity contribution in [1.82, 2.24) is 20.2 Å². The van der Waals surface area contributed by atoms with Crippen LogP contribution in [-0.2, 0) is 12.7 Å². The molecule has 10 nitrogen and oxygen atoms in total. The fraction of sp³-hybridized carbons (Fsp3) is 0.357. The maximum atomic E-state index is 16.5. The number of nitrogens with one attached hydrogen (secondary N) is 2. The number of piperazine rings is 1. The Morgan fingerprint density at radius 2 is 1.91 bits per heavy atom. The molecule has 2 bridgehead atoms. The Labute approximate surface area is 253 Å². The summed E-state index contributed by atoms with van der Waals surface area (Å²) in [6, 6.07) is -0.375. The molecule has 0 unspecified atom stereocenters. The molecule has 2 fully saturated rings. The van der Waals surface area contributed by atoms with Gasteiger partial charge in [0.05, 0.1) is 23.0 Å². The van der Waals surface area contributed by atoms with Crippen molar-refractivity contribution < 1.29 is 54.6 Å². The summed E-state index contributed by atoms with van der Waals surface area (Å²) in [6.45, 7) is 0.445. The van der Waals surface area contributed by atoms with Gasteiger partial charge < -0.3 is 31.1 Å². The van der Waals surface area contributed by atoms with E-state index in [1.165, 1.54) is 6.07 Å². The molecule has 5 heterocycles. The highest BCUT2D eigenvalue weighted by Crippen LogP contribution is 2.48. The van der Waals surface area contributed by atoms with E-state index in [2.05, 4.69) is 20.6 Å². The summed E-state index contributed by atoms with van der Waals surface area (Å²) in [6.07, 6.45) is -11.9. The maximum Gasteiger partial charge on any atom is 0.427 e. The molecule has 6 rings (SSSR count). The third-order valence-corrected chi connectivity index (χ3v) is 8.27. The van der Waals surface area contributed by atoms with E-state index in [0.717, 1.165) is 24.1 Å². The average Bonchev–Trinajstić information content (AvgIpc) is 3.55. The van der Waals surface area contributed by atoms with Crippen LogP contribution in [0.25, 0.3) is 11.3 Å². The predicted octanol–water partition coefficient (Wildman–Crippen LogP) is 4.52. The first-order valence-corrected chi connectivity index (χ1v) is 13.6. The summed E-state index contributed by atoms with van der Waals surface area (Å²) >= 11 is 0. The Hall–Kier alpha value is -4.74. The molecular weight excluding hydrogens is 636 g/mol. The van der Waals surface area contributed by atoms with Crippen LogP contribution in [0.3, 0.4) is 0 Å². The van der Waals surface area contributed by atoms with Gasteiger partial charge in [0.2, 0.25) is 12.0 Å². The highest BCUT2D eigenvalue weighted by atomic mass is 19.4. The van der Waals surface area contributed by atoms with Crippen LogP contribution < -0.4 is 21.1 Å². The lowest BCUT2D eigenvalue weighted by Crippen LogP contribution is -2.61. The molecule has 2 saturated heterocycles. The predicted molar refractivity (Wildman–Crippen MR) is 143 cm³/mol. The fourth-order valence-electron chi connectivity index (χ4n) is 6.28. The van der Waals surface area contributed by atoms with Crippen molar-refractivity contribution in [3.05, 3.63) is 64.0 Å². The summed E-state index contributed by atoms with van der Waals surface area (Å²) in [4.78, 5) is 33.5. The zero-order chi connectivity index (χ0) is 33.5. The largest absolute Gasteiger partial charge is 0.477 e. The van der Waals surface area contributed by atoms with E-state index in [1.807, 2.05) is 0 Å². The molecule has 0 aliphatic carbocycles. The molecule has 0 radical (unpaired) electrons. The van der Waals surface area contributed by atoms with Crippen molar-refractivity contribution in [1.29, 1.82) is 0 Å². The SMILES string of the molecule is Cc1c(F)c(N)cc(-c2nc3c(c(NCc4ccc(C(=O)O)nc4)c2F)C(=O)N2[C@@H]4CN[C@@H](C4)[C@@H]2[C@@H](C(F)(F)F)O3)c1C(F)(F)F. The number of carboxylic acid groups (broad SMARTS) is 1. The second-order valence-corrected chi connectivity index (χ2v) is 11.1. The fourth-order valence-corrected chi connectivity index (χ4v) is 6.28. The van der Waals surface area contributed by atoms with Gasteiger partial charge in [0, 0.05) is 36.9 Å². The van der Waals surface area contributed by atoms with Crippen molar-refractivity contribution in [3.63, 3.8) is 0 Å². The summed E-state index contributed by atoms with van der Waals surface area (Å²) in [7, 11) is 0. The van der Waals surface area contributed by atoms with Gasteiger partial charge in [-0.2, -0.15) is 26.3 Å². The number of amides is 1. The number of carbonyl (C=O) groups is 2. The number of aromatic nitrogens is 2. The van der Waals surface area contributed by atoms with Gasteiger partial charge in [0.25, 0.3) is 5.91 Å². The maximum absolute atomic E-state index is 16.5. The number of carboxylic acids is 1. The molecule has 0 spiro atoms. The summed E-state index contributed by atoms with van der Waals surface area (Å²) in [5.41, 5.74) is -2.07. The third-order valence-electron chi connectivity index (χ3n) is 8.27. The van der Waals surface area contributed by atoms with Crippen LogP contribution in [0, 0.1) is 18.6 Å². The quantitative estimate of drug-likeness (QED) is 0.230. The number of fused-ring (bicyclic) bond motifs is 6. The number of alkyl halides is 6. The monoisotopic (exact) mass is 658 g/mol.